The van der Waals surface area contributed by atoms with Crippen LogP contribution in [0.25, 0.3) is 0 Å². The summed E-state index contributed by atoms with van der Waals surface area (Å²) in [5.41, 5.74) is 2.85. The van der Waals surface area contributed by atoms with Crippen LogP contribution >= 0.6 is 0 Å². The summed E-state index contributed by atoms with van der Waals surface area (Å²) < 4.78 is 32.1. The third kappa shape index (κ3) is 6.01. The number of piperidine rings is 1. The van der Waals surface area contributed by atoms with Gasteiger partial charge in [0.1, 0.15) is 4.90 Å². The van der Waals surface area contributed by atoms with E-state index in [0.29, 0.717) is 12.8 Å². The van der Waals surface area contributed by atoms with Gasteiger partial charge in [-0.05, 0) is 47.9 Å². The lowest BCUT2D eigenvalue weighted by atomic mass is 9.92. The van der Waals surface area contributed by atoms with Gasteiger partial charge in [0.2, 0.25) is 10.0 Å². The number of rotatable bonds is 8. The van der Waals surface area contributed by atoms with Gasteiger partial charge in [-0.15, -0.1) is 0 Å². The Hall–Kier alpha value is -2.78. The van der Waals surface area contributed by atoms with Crippen LogP contribution in [0, 0.1) is 5.92 Å². The summed E-state index contributed by atoms with van der Waals surface area (Å²) in [6, 6.07) is 9.05. The molecule has 0 aliphatic carbocycles. The number of benzene rings is 1. The highest BCUT2D eigenvalue weighted by atomic mass is 32.2. The van der Waals surface area contributed by atoms with E-state index in [0.717, 1.165) is 16.8 Å². The number of hydrogen-bond donors (Lipinski definition) is 1. The van der Waals surface area contributed by atoms with E-state index in [9.17, 15) is 18.0 Å². The fourth-order valence-corrected chi connectivity index (χ4v) is 5.54. The summed E-state index contributed by atoms with van der Waals surface area (Å²) in [6.45, 7) is 8.31. The van der Waals surface area contributed by atoms with Crippen LogP contribution in [0.5, 0.6) is 0 Å². The lowest BCUT2D eigenvalue weighted by Crippen LogP contribution is -2.41. The average molecular weight is 488 g/mol. The number of carbonyl (C=O) groups is 2. The Labute approximate surface area is 201 Å². The zero-order valence-corrected chi connectivity index (χ0v) is 21.0. The quantitative estimate of drug-likeness (QED) is 0.566. The second kappa shape index (κ2) is 11.1. The third-order valence-corrected chi connectivity index (χ3v) is 7.92. The fourth-order valence-electron chi connectivity index (χ4n) is 4.11. The number of hydrogen-bond acceptors (Lipinski definition) is 6. The molecule has 3 rings (SSSR count). The molecular formula is C25H33N3O5S. The van der Waals surface area contributed by atoms with Crippen molar-refractivity contribution in [2.45, 2.75) is 57.3 Å². The van der Waals surface area contributed by atoms with Crippen molar-refractivity contribution < 1.29 is 22.7 Å². The number of ether oxygens (including phenoxy) is 1. The van der Waals surface area contributed by atoms with Gasteiger partial charge in [-0.2, -0.15) is 4.31 Å². The van der Waals surface area contributed by atoms with Crippen LogP contribution in [0.15, 0.2) is 47.6 Å². The van der Waals surface area contributed by atoms with E-state index in [1.165, 1.54) is 22.8 Å². The predicted octanol–water partition coefficient (Wildman–Crippen LogP) is 3.91. The number of aromatic nitrogens is 1. The Bertz CT molecular complexity index is 1080. The molecule has 0 atom stereocenters. The summed E-state index contributed by atoms with van der Waals surface area (Å²) in [4.78, 5) is 29.2. The molecule has 9 heteroatoms. The molecule has 0 unspecified atom stereocenters. The largest absolute Gasteiger partial charge is 0.455 e. The highest BCUT2D eigenvalue weighted by Gasteiger charge is 2.33. The summed E-state index contributed by atoms with van der Waals surface area (Å²) in [5, 5.41) is 2.94. The second-order valence-electron chi connectivity index (χ2n) is 9.14. The van der Waals surface area contributed by atoms with E-state index in [-0.39, 0.29) is 42.3 Å². The Morgan fingerprint density at radius 3 is 2.21 bits per heavy atom. The predicted molar refractivity (Wildman–Crippen MR) is 130 cm³/mol. The van der Waals surface area contributed by atoms with Crippen LogP contribution in [0.2, 0.25) is 0 Å². The molecule has 2 heterocycles. The zero-order chi connectivity index (χ0) is 24.9. The summed E-state index contributed by atoms with van der Waals surface area (Å²) in [7, 11) is -3.64. The van der Waals surface area contributed by atoms with E-state index in [4.69, 9.17) is 4.74 Å². The first-order valence-electron chi connectivity index (χ1n) is 11.6. The van der Waals surface area contributed by atoms with Crippen molar-refractivity contribution in [2.75, 3.05) is 25.0 Å². The zero-order valence-electron chi connectivity index (χ0n) is 20.2. The number of pyridine rings is 1. The van der Waals surface area contributed by atoms with Gasteiger partial charge in [0.25, 0.3) is 5.91 Å². The van der Waals surface area contributed by atoms with Gasteiger partial charge in [0.05, 0.1) is 5.92 Å². The van der Waals surface area contributed by atoms with E-state index < -0.39 is 21.9 Å². The summed E-state index contributed by atoms with van der Waals surface area (Å²) >= 11 is 0. The molecule has 184 valence electrons. The van der Waals surface area contributed by atoms with Gasteiger partial charge in [0, 0.05) is 31.2 Å². The molecular weight excluding hydrogens is 454 g/mol. The molecule has 0 radical (unpaired) electrons. The number of para-hydroxylation sites is 1. The Morgan fingerprint density at radius 1 is 1.06 bits per heavy atom. The molecule has 1 saturated heterocycles. The van der Waals surface area contributed by atoms with Crippen LogP contribution in [0.1, 0.15) is 63.5 Å². The van der Waals surface area contributed by atoms with E-state index in [1.54, 1.807) is 6.07 Å². The van der Waals surface area contributed by atoms with Crippen molar-refractivity contribution in [1.29, 1.82) is 0 Å². The van der Waals surface area contributed by atoms with E-state index >= 15 is 0 Å². The SMILES string of the molecule is CC(C)c1cccc(C(C)C)c1NC(=O)COC(=O)C1CCN(S(=O)(=O)c2cccnc2)CC1. The molecule has 2 aromatic rings. The number of amides is 1. The van der Waals surface area contributed by atoms with Gasteiger partial charge in [-0.1, -0.05) is 45.9 Å². The number of sulfonamides is 1. The number of anilines is 1. The maximum atomic E-state index is 12.7. The highest BCUT2D eigenvalue weighted by Crippen LogP contribution is 2.32. The van der Waals surface area contributed by atoms with Crippen LogP contribution in [-0.4, -0.2) is 49.3 Å². The number of carbonyl (C=O) groups excluding carboxylic acids is 2. The number of nitrogens with zero attached hydrogens (tertiary/aromatic N) is 2. The molecule has 1 aliphatic rings. The Balaban J connectivity index is 1.55. The van der Waals surface area contributed by atoms with Crippen molar-refractivity contribution in [3.05, 3.63) is 53.9 Å². The molecule has 1 amide bonds. The first-order chi connectivity index (χ1) is 16.1. The van der Waals surface area contributed by atoms with E-state index in [2.05, 4.69) is 38.0 Å². The van der Waals surface area contributed by atoms with Crippen molar-refractivity contribution in [1.82, 2.24) is 9.29 Å². The maximum Gasteiger partial charge on any atom is 0.309 e. The van der Waals surface area contributed by atoms with Crippen molar-refractivity contribution in [3.8, 4) is 0 Å². The number of esters is 1. The lowest BCUT2D eigenvalue weighted by Gasteiger charge is -2.30. The topological polar surface area (TPSA) is 106 Å². The fraction of sp³-hybridized carbons (Fsp3) is 0.480. The third-order valence-electron chi connectivity index (χ3n) is 6.04. The van der Waals surface area contributed by atoms with Gasteiger partial charge >= 0.3 is 5.97 Å². The molecule has 0 spiro atoms. The molecule has 1 aliphatic heterocycles. The van der Waals surface area contributed by atoms with Crippen molar-refractivity contribution in [3.63, 3.8) is 0 Å². The Morgan fingerprint density at radius 2 is 1.68 bits per heavy atom. The molecule has 34 heavy (non-hydrogen) atoms. The monoisotopic (exact) mass is 487 g/mol. The van der Waals surface area contributed by atoms with Gasteiger partial charge in [0.15, 0.2) is 6.61 Å². The smallest absolute Gasteiger partial charge is 0.309 e. The minimum atomic E-state index is -3.64. The molecule has 1 aromatic carbocycles. The summed E-state index contributed by atoms with van der Waals surface area (Å²) in [5.74, 6) is -0.855. The van der Waals surface area contributed by atoms with Crippen LogP contribution in [-0.2, 0) is 24.3 Å². The van der Waals surface area contributed by atoms with Crippen LogP contribution in [0.3, 0.4) is 0 Å². The molecule has 1 aromatic heterocycles. The van der Waals surface area contributed by atoms with Gasteiger partial charge in [-0.25, -0.2) is 8.42 Å². The standard InChI is InChI=1S/C25H33N3O5S/c1-17(2)21-8-5-9-22(18(3)4)24(21)27-23(29)16-33-25(30)19-10-13-28(14-11-19)34(31,32)20-7-6-12-26-15-20/h5-9,12,15,17-19H,10-11,13-14,16H2,1-4H3,(H,27,29). The maximum absolute atomic E-state index is 12.7. The number of nitrogens with one attached hydrogen (secondary N) is 1. The lowest BCUT2D eigenvalue weighted by molar-refractivity contribution is -0.152. The first kappa shape index (κ1) is 25.8. The van der Waals surface area contributed by atoms with Crippen LogP contribution in [0.4, 0.5) is 5.69 Å². The first-order valence-corrected chi connectivity index (χ1v) is 13.0. The summed E-state index contributed by atoms with van der Waals surface area (Å²) in [6.07, 6.45) is 3.51. The Kier molecular flexibility index (Phi) is 8.43. The molecule has 8 nitrogen and oxygen atoms in total. The normalized spacial score (nSPS) is 15.5. The molecule has 0 bridgehead atoms. The molecule has 1 fully saturated rings. The second-order valence-corrected chi connectivity index (χ2v) is 11.1. The molecule has 0 saturated carbocycles. The van der Waals surface area contributed by atoms with Crippen molar-refractivity contribution >= 4 is 27.6 Å². The van der Waals surface area contributed by atoms with E-state index in [1.807, 2.05) is 18.2 Å². The minimum Gasteiger partial charge on any atom is -0.455 e. The van der Waals surface area contributed by atoms with Gasteiger partial charge < -0.3 is 10.1 Å². The van der Waals surface area contributed by atoms with Crippen molar-refractivity contribution in [2.24, 2.45) is 5.92 Å². The minimum absolute atomic E-state index is 0.134. The molecule has 1 N–H and O–H groups in total. The van der Waals surface area contributed by atoms with Crippen LogP contribution < -0.4 is 5.32 Å². The average Bonchev–Trinajstić information content (AvgIpc) is 2.83. The van der Waals surface area contributed by atoms with Gasteiger partial charge in [-0.3, -0.25) is 14.6 Å². The highest BCUT2D eigenvalue weighted by molar-refractivity contribution is 7.89.